The average Bonchev–Trinajstić information content (AvgIpc) is 2.73. The van der Waals surface area contributed by atoms with Crippen LogP contribution in [0.5, 0.6) is 0 Å². The molecule has 2 N–H and O–H groups in total. The maximum absolute atomic E-state index is 12.5. The Labute approximate surface area is 198 Å². The molecule has 0 heterocycles. The number of benzene rings is 2. The molecule has 0 aromatic heterocycles. The zero-order chi connectivity index (χ0) is 21.3. The van der Waals surface area contributed by atoms with Gasteiger partial charge in [-0.15, -0.1) is 24.0 Å². The molecule has 0 saturated carbocycles. The number of rotatable bonds is 9. The van der Waals surface area contributed by atoms with Gasteiger partial charge in [0.2, 0.25) is 10.0 Å². The van der Waals surface area contributed by atoms with Gasteiger partial charge in [0.1, 0.15) is 0 Å². The maximum Gasteiger partial charge on any atom is 0.243 e. The van der Waals surface area contributed by atoms with Crippen LogP contribution in [0.1, 0.15) is 31.4 Å². The van der Waals surface area contributed by atoms with E-state index in [4.69, 9.17) is 0 Å². The second-order valence-electron chi connectivity index (χ2n) is 7.20. The van der Waals surface area contributed by atoms with Gasteiger partial charge in [0, 0.05) is 33.2 Å². The minimum absolute atomic E-state index is 0. The molecule has 0 aliphatic rings. The zero-order valence-electron chi connectivity index (χ0n) is 18.1. The Morgan fingerprint density at radius 1 is 1.00 bits per heavy atom. The fourth-order valence-electron chi connectivity index (χ4n) is 2.77. The molecule has 8 heteroatoms. The second kappa shape index (κ2) is 12.9. The van der Waals surface area contributed by atoms with E-state index in [-0.39, 0.29) is 30.0 Å². The largest absolute Gasteiger partial charge is 0.356 e. The molecule has 0 saturated heterocycles. The number of sulfonamides is 1. The summed E-state index contributed by atoms with van der Waals surface area (Å²) < 4.78 is 26.4. The predicted octanol–water partition coefficient (Wildman–Crippen LogP) is 3.63. The summed E-state index contributed by atoms with van der Waals surface area (Å²) >= 11 is 0. The molecule has 166 valence electrons. The molecule has 0 spiro atoms. The zero-order valence-corrected chi connectivity index (χ0v) is 21.3. The fraction of sp³-hybridized carbons (Fsp3) is 0.409. The van der Waals surface area contributed by atoms with E-state index in [1.165, 1.54) is 9.87 Å². The summed E-state index contributed by atoms with van der Waals surface area (Å²) in [5.74, 6) is 0.731. The summed E-state index contributed by atoms with van der Waals surface area (Å²) in [5.41, 5.74) is 2.32. The Bertz CT molecular complexity index is 885. The summed E-state index contributed by atoms with van der Waals surface area (Å²) in [4.78, 5) is 4.55. The van der Waals surface area contributed by atoms with Crippen molar-refractivity contribution in [1.29, 1.82) is 0 Å². The van der Waals surface area contributed by atoms with E-state index in [0.717, 1.165) is 30.9 Å². The number of aliphatic imine (C=N–C) groups is 1. The molecule has 6 nitrogen and oxygen atoms in total. The van der Waals surface area contributed by atoms with E-state index in [9.17, 15) is 8.42 Å². The van der Waals surface area contributed by atoms with Crippen LogP contribution in [0.4, 0.5) is 0 Å². The highest BCUT2D eigenvalue weighted by atomic mass is 127. The van der Waals surface area contributed by atoms with Crippen LogP contribution in [0.3, 0.4) is 0 Å². The van der Waals surface area contributed by atoms with E-state index >= 15 is 0 Å². The SMILES string of the molecule is CN=C(NCCCc1ccccc1)NCc1ccc(S(=O)(=O)N(C)C(C)C)cc1.I. The first-order chi connectivity index (χ1) is 13.8. The molecule has 0 radical (unpaired) electrons. The molecule has 0 atom stereocenters. The molecule has 0 aliphatic heterocycles. The Morgan fingerprint density at radius 3 is 2.20 bits per heavy atom. The summed E-state index contributed by atoms with van der Waals surface area (Å²) in [7, 11) is -0.112. The Hall–Kier alpha value is -1.65. The lowest BCUT2D eigenvalue weighted by molar-refractivity contribution is 0.410. The van der Waals surface area contributed by atoms with E-state index in [1.54, 1.807) is 26.2 Å². The molecule has 0 amide bonds. The lowest BCUT2D eigenvalue weighted by Gasteiger charge is -2.21. The number of nitrogens with one attached hydrogen (secondary N) is 2. The van der Waals surface area contributed by atoms with Crippen LogP contribution in [-0.4, -0.2) is 45.4 Å². The molecular weight excluding hydrogens is 511 g/mol. The summed E-state index contributed by atoms with van der Waals surface area (Å²) in [6.45, 7) is 5.11. The average molecular weight is 545 g/mol. The highest BCUT2D eigenvalue weighted by Crippen LogP contribution is 2.17. The third-order valence-electron chi connectivity index (χ3n) is 4.79. The molecule has 2 rings (SSSR count). The quantitative estimate of drug-likeness (QED) is 0.219. The lowest BCUT2D eigenvalue weighted by atomic mass is 10.1. The molecule has 0 aliphatic carbocycles. The monoisotopic (exact) mass is 544 g/mol. The van der Waals surface area contributed by atoms with Gasteiger partial charge in [0.15, 0.2) is 5.96 Å². The van der Waals surface area contributed by atoms with E-state index in [0.29, 0.717) is 11.4 Å². The molecule has 30 heavy (non-hydrogen) atoms. The first kappa shape index (κ1) is 26.4. The van der Waals surface area contributed by atoms with E-state index < -0.39 is 10.0 Å². The van der Waals surface area contributed by atoms with Crippen molar-refractivity contribution in [3.63, 3.8) is 0 Å². The van der Waals surface area contributed by atoms with Crippen LogP contribution in [0, 0.1) is 0 Å². The predicted molar refractivity (Wildman–Crippen MR) is 135 cm³/mol. The van der Waals surface area contributed by atoms with Crippen molar-refractivity contribution in [1.82, 2.24) is 14.9 Å². The van der Waals surface area contributed by atoms with E-state index in [1.807, 2.05) is 32.0 Å². The van der Waals surface area contributed by atoms with E-state index in [2.05, 4.69) is 39.9 Å². The molecule has 0 unspecified atom stereocenters. The topological polar surface area (TPSA) is 73.8 Å². The summed E-state index contributed by atoms with van der Waals surface area (Å²) in [6.07, 6.45) is 2.03. The summed E-state index contributed by atoms with van der Waals surface area (Å²) in [6, 6.07) is 17.3. The van der Waals surface area contributed by atoms with Gasteiger partial charge in [-0.2, -0.15) is 4.31 Å². The first-order valence-corrected chi connectivity index (χ1v) is 11.3. The van der Waals surface area contributed by atoms with Gasteiger partial charge < -0.3 is 10.6 Å². The number of halogens is 1. The molecule has 0 bridgehead atoms. The molecule has 0 fully saturated rings. The number of hydrogen-bond donors (Lipinski definition) is 2. The smallest absolute Gasteiger partial charge is 0.243 e. The van der Waals surface area contributed by atoms with Crippen molar-refractivity contribution in [3.05, 3.63) is 65.7 Å². The van der Waals surface area contributed by atoms with Crippen LogP contribution in [0.2, 0.25) is 0 Å². The minimum atomic E-state index is -3.45. The number of guanidine groups is 1. The summed E-state index contributed by atoms with van der Waals surface area (Å²) in [5, 5.41) is 6.57. The second-order valence-corrected chi connectivity index (χ2v) is 9.20. The van der Waals surface area contributed by atoms with Crippen molar-refractivity contribution < 1.29 is 8.42 Å². The highest BCUT2D eigenvalue weighted by molar-refractivity contribution is 14.0. The van der Waals surface area contributed by atoms with Crippen LogP contribution >= 0.6 is 24.0 Å². The lowest BCUT2D eigenvalue weighted by Crippen LogP contribution is -2.37. The van der Waals surface area contributed by atoms with Gasteiger partial charge in [-0.25, -0.2) is 8.42 Å². The van der Waals surface area contributed by atoms with Crippen LogP contribution in [0.25, 0.3) is 0 Å². The minimum Gasteiger partial charge on any atom is -0.356 e. The standard InChI is InChI=1S/C22H32N4O2S.HI/c1-18(2)26(4)29(27,28)21-14-12-20(13-15-21)17-25-22(23-3)24-16-8-11-19-9-6-5-7-10-19;/h5-7,9-10,12-15,18H,8,11,16-17H2,1-4H3,(H2,23,24,25);1H. The number of nitrogens with zero attached hydrogens (tertiary/aromatic N) is 2. The van der Waals surface area contributed by atoms with Crippen LogP contribution in [0.15, 0.2) is 64.5 Å². The van der Waals surface area contributed by atoms with Gasteiger partial charge in [-0.05, 0) is 49.9 Å². The van der Waals surface area contributed by atoms with Gasteiger partial charge in [-0.3, -0.25) is 4.99 Å². The molecule has 2 aromatic rings. The Balaban J connectivity index is 0.00000450. The van der Waals surface area contributed by atoms with Gasteiger partial charge in [0.05, 0.1) is 4.90 Å². The highest BCUT2D eigenvalue weighted by Gasteiger charge is 2.22. The van der Waals surface area contributed by atoms with Crippen molar-refractivity contribution in [3.8, 4) is 0 Å². The van der Waals surface area contributed by atoms with Crippen LogP contribution in [-0.2, 0) is 23.0 Å². The van der Waals surface area contributed by atoms with Crippen LogP contribution < -0.4 is 10.6 Å². The molecule has 2 aromatic carbocycles. The van der Waals surface area contributed by atoms with Gasteiger partial charge >= 0.3 is 0 Å². The Morgan fingerprint density at radius 2 is 1.63 bits per heavy atom. The maximum atomic E-state index is 12.5. The first-order valence-electron chi connectivity index (χ1n) is 9.90. The van der Waals surface area contributed by atoms with Crippen molar-refractivity contribution >= 4 is 40.0 Å². The normalized spacial score (nSPS) is 12.0. The fourth-order valence-corrected chi connectivity index (χ4v) is 4.14. The van der Waals surface area contributed by atoms with Crippen molar-refractivity contribution in [2.75, 3.05) is 20.6 Å². The Kier molecular flexibility index (Phi) is 11.4. The third-order valence-corrected chi connectivity index (χ3v) is 6.84. The number of aryl methyl sites for hydroxylation is 1. The molecular formula is C22H33IN4O2S. The van der Waals surface area contributed by atoms with Crippen molar-refractivity contribution in [2.24, 2.45) is 4.99 Å². The number of hydrogen-bond acceptors (Lipinski definition) is 3. The third kappa shape index (κ3) is 7.88. The van der Waals surface area contributed by atoms with Gasteiger partial charge in [0.25, 0.3) is 0 Å². The van der Waals surface area contributed by atoms with Gasteiger partial charge in [-0.1, -0.05) is 42.5 Å². The van der Waals surface area contributed by atoms with Crippen molar-refractivity contribution in [2.45, 2.75) is 44.2 Å².